The molecule has 0 N–H and O–H groups in total. The molecule has 82 valence electrons. The predicted molar refractivity (Wildman–Crippen MR) is 53.6 cm³/mol. The lowest BCUT2D eigenvalue weighted by atomic mass is 9.52. The molecule has 4 nitrogen and oxygen atoms in total. The second-order valence-corrected chi connectivity index (χ2v) is 4.49. The summed E-state index contributed by atoms with van der Waals surface area (Å²) in [4.78, 5) is 24.8. The van der Waals surface area contributed by atoms with E-state index in [0.29, 0.717) is 6.42 Å². The molecule has 4 heteroatoms. The van der Waals surface area contributed by atoms with Crippen LogP contribution in [0.2, 0.25) is 0 Å². The second-order valence-electron chi connectivity index (χ2n) is 4.49. The van der Waals surface area contributed by atoms with Gasteiger partial charge in [0.2, 0.25) is 5.91 Å². The van der Waals surface area contributed by atoms with E-state index in [9.17, 15) is 9.59 Å². The molecule has 1 aliphatic carbocycles. The van der Waals surface area contributed by atoms with Crippen LogP contribution in [0.15, 0.2) is 12.3 Å². The highest BCUT2D eigenvalue weighted by Gasteiger charge is 2.59. The summed E-state index contributed by atoms with van der Waals surface area (Å²) in [5.41, 5.74) is -0.337. The van der Waals surface area contributed by atoms with E-state index in [2.05, 4.69) is 0 Å². The van der Waals surface area contributed by atoms with E-state index < -0.39 is 0 Å². The van der Waals surface area contributed by atoms with Crippen molar-refractivity contribution < 1.29 is 14.3 Å². The molecule has 0 radical (unpaired) electrons. The number of fused-ring (bicyclic) bond motifs is 1. The number of rotatable bonds is 1. The van der Waals surface area contributed by atoms with Crippen LogP contribution in [-0.2, 0) is 14.3 Å². The van der Waals surface area contributed by atoms with Crippen LogP contribution in [0.5, 0.6) is 0 Å². The maximum absolute atomic E-state index is 11.8. The maximum Gasteiger partial charge on any atom is 0.309 e. The number of nitrogens with zero attached hydrogens (tertiary/aromatic N) is 1. The van der Waals surface area contributed by atoms with Crippen LogP contribution in [0.4, 0.5) is 0 Å². The van der Waals surface area contributed by atoms with Gasteiger partial charge in [0.05, 0.1) is 13.0 Å². The molecule has 0 aromatic rings. The second kappa shape index (κ2) is 3.08. The standard InChI is InChI=1S/C11H15NO3/c1-11-4-5-12(2)9(13)7(11)6-8(11)10(14)15-3/h4-5,7-8H,6H2,1-3H3. The van der Waals surface area contributed by atoms with Crippen LogP contribution in [0.3, 0.4) is 0 Å². The van der Waals surface area contributed by atoms with Gasteiger partial charge in [-0.3, -0.25) is 9.59 Å². The van der Waals surface area contributed by atoms with Crippen molar-refractivity contribution in [2.24, 2.45) is 17.3 Å². The van der Waals surface area contributed by atoms with Crippen molar-refractivity contribution in [3.05, 3.63) is 12.3 Å². The Balaban J connectivity index is 2.25. The summed E-state index contributed by atoms with van der Waals surface area (Å²) in [5, 5.41) is 0. The number of hydrogen-bond acceptors (Lipinski definition) is 3. The zero-order valence-electron chi connectivity index (χ0n) is 9.19. The van der Waals surface area contributed by atoms with E-state index in [0.717, 1.165) is 0 Å². The highest BCUT2D eigenvalue weighted by Crippen LogP contribution is 2.55. The first kappa shape index (κ1) is 10.2. The van der Waals surface area contributed by atoms with Crippen molar-refractivity contribution in [1.82, 2.24) is 4.90 Å². The predicted octanol–water partition coefficient (Wildman–Crippen LogP) is 0.787. The Bertz CT molecular complexity index is 350. The summed E-state index contributed by atoms with van der Waals surface area (Å²) < 4.78 is 4.73. The molecule has 1 aliphatic heterocycles. The topological polar surface area (TPSA) is 46.6 Å². The Morgan fingerprint density at radius 2 is 2.33 bits per heavy atom. The quantitative estimate of drug-likeness (QED) is 0.600. The van der Waals surface area contributed by atoms with E-state index in [4.69, 9.17) is 4.74 Å². The third-order valence-electron chi connectivity index (χ3n) is 3.76. The fraction of sp³-hybridized carbons (Fsp3) is 0.636. The molecule has 0 bridgehead atoms. The summed E-state index contributed by atoms with van der Waals surface area (Å²) in [5.74, 6) is -0.339. The molecule has 3 unspecified atom stereocenters. The Hall–Kier alpha value is -1.32. The van der Waals surface area contributed by atoms with Gasteiger partial charge >= 0.3 is 5.97 Å². The number of carbonyl (C=O) groups is 2. The molecule has 3 atom stereocenters. The van der Waals surface area contributed by atoms with Crippen molar-refractivity contribution in [1.29, 1.82) is 0 Å². The first-order chi connectivity index (χ1) is 7.00. The third kappa shape index (κ3) is 1.20. The molecule has 1 fully saturated rings. The molecule has 0 saturated heterocycles. The molecular formula is C11H15NO3. The average molecular weight is 209 g/mol. The van der Waals surface area contributed by atoms with Crippen molar-refractivity contribution in [2.45, 2.75) is 13.3 Å². The number of amides is 1. The van der Waals surface area contributed by atoms with Crippen LogP contribution in [0, 0.1) is 17.3 Å². The molecule has 2 aliphatic rings. The van der Waals surface area contributed by atoms with Crippen molar-refractivity contribution in [2.75, 3.05) is 14.2 Å². The Kier molecular flexibility index (Phi) is 2.10. The van der Waals surface area contributed by atoms with Crippen molar-refractivity contribution in [3.63, 3.8) is 0 Å². The minimum atomic E-state index is -0.337. The summed E-state index contributed by atoms with van der Waals surface area (Å²) in [6.07, 6.45) is 4.30. The maximum atomic E-state index is 11.8. The Labute approximate surface area is 88.9 Å². The van der Waals surface area contributed by atoms with E-state index in [1.54, 1.807) is 18.1 Å². The Morgan fingerprint density at radius 1 is 1.67 bits per heavy atom. The van der Waals surface area contributed by atoms with Gasteiger partial charge in [-0.2, -0.15) is 0 Å². The zero-order valence-corrected chi connectivity index (χ0v) is 9.19. The largest absolute Gasteiger partial charge is 0.469 e. The molecule has 1 amide bonds. The van der Waals surface area contributed by atoms with E-state index in [-0.39, 0.29) is 29.1 Å². The molecular weight excluding hydrogens is 194 g/mol. The molecule has 1 heterocycles. The molecule has 15 heavy (non-hydrogen) atoms. The number of allylic oxidation sites excluding steroid dienone is 1. The lowest BCUT2D eigenvalue weighted by molar-refractivity contribution is -0.167. The minimum absolute atomic E-state index is 0.0587. The van der Waals surface area contributed by atoms with Gasteiger partial charge in [0.25, 0.3) is 0 Å². The fourth-order valence-electron chi connectivity index (χ4n) is 2.51. The number of carbonyl (C=O) groups excluding carboxylic acids is 2. The lowest BCUT2D eigenvalue weighted by Gasteiger charge is -2.52. The monoisotopic (exact) mass is 209 g/mol. The third-order valence-corrected chi connectivity index (χ3v) is 3.76. The SMILES string of the molecule is COC(=O)C1CC2C(=O)N(C)C=CC12C. The summed E-state index contributed by atoms with van der Waals surface area (Å²) in [6.45, 7) is 1.95. The van der Waals surface area contributed by atoms with Crippen molar-refractivity contribution in [3.8, 4) is 0 Å². The first-order valence-corrected chi connectivity index (χ1v) is 5.04. The van der Waals surface area contributed by atoms with Gasteiger partial charge in [-0.25, -0.2) is 0 Å². The number of methoxy groups -OCH3 is 1. The van der Waals surface area contributed by atoms with Gasteiger partial charge in [0, 0.05) is 24.6 Å². The normalized spacial score (nSPS) is 38.3. The van der Waals surface area contributed by atoms with Crippen LogP contribution in [0.1, 0.15) is 13.3 Å². The highest BCUT2D eigenvalue weighted by atomic mass is 16.5. The van der Waals surface area contributed by atoms with E-state index in [1.807, 2.05) is 13.0 Å². The first-order valence-electron chi connectivity index (χ1n) is 5.04. The van der Waals surface area contributed by atoms with Crippen molar-refractivity contribution >= 4 is 11.9 Å². The number of ether oxygens (including phenoxy) is 1. The smallest absolute Gasteiger partial charge is 0.309 e. The van der Waals surface area contributed by atoms with Crippen LogP contribution in [0.25, 0.3) is 0 Å². The highest BCUT2D eigenvalue weighted by molar-refractivity contribution is 5.87. The van der Waals surface area contributed by atoms with Gasteiger partial charge in [0.1, 0.15) is 0 Å². The lowest BCUT2D eigenvalue weighted by Crippen LogP contribution is -2.57. The van der Waals surface area contributed by atoms with Gasteiger partial charge < -0.3 is 9.64 Å². The number of hydrogen-bond donors (Lipinski definition) is 0. The molecule has 1 saturated carbocycles. The molecule has 2 rings (SSSR count). The average Bonchev–Trinajstić information content (AvgIpc) is 2.21. The van der Waals surface area contributed by atoms with Gasteiger partial charge in [-0.15, -0.1) is 0 Å². The van der Waals surface area contributed by atoms with Gasteiger partial charge in [-0.1, -0.05) is 13.0 Å². The summed E-state index contributed by atoms with van der Waals surface area (Å²) in [6, 6.07) is 0. The summed E-state index contributed by atoms with van der Waals surface area (Å²) in [7, 11) is 3.13. The van der Waals surface area contributed by atoms with Crippen LogP contribution in [-0.4, -0.2) is 30.9 Å². The van der Waals surface area contributed by atoms with Crippen LogP contribution >= 0.6 is 0 Å². The zero-order chi connectivity index (χ0) is 11.2. The van der Waals surface area contributed by atoms with E-state index >= 15 is 0 Å². The minimum Gasteiger partial charge on any atom is -0.469 e. The summed E-state index contributed by atoms with van der Waals surface area (Å²) >= 11 is 0. The molecule has 0 aromatic heterocycles. The van der Waals surface area contributed by atoms with E-state index in [1.165, 1.54) is 7.11 Å². The molecule has 0 spiro atoms. The van der Waals surface area contributed by atoms with Gasteiger partial charge in [-0.05, 0) is 6.42 Å². The fourth-order valence-corrected chi connectivity index (χ4v) is 2.51. The van der Waals surface area contributed by atoms with Gasteiger partial charge in [0.15, 0.2) is 0 Å². The number of esters is 1. The molecule has 0 aromatic carbocycles. The van der Waals surface area contributed by atoms with Crippen LogP contribution < -0.4 is 0 Å². The Morgan fingerprint density at radius 3 is 2.93 bits per heavy atom.